The smallest absolute Gasteiger partial charge is 0.414 e. The third kappa shape index (κ3) is 11.9. The molecule has 0 bridgehead atoms. The molecule has 296 valence electrons. The molecule has 0 fully saturated rings. The molecule has 0 aliphatic carbocycles. The van der Waals surface area contributed by atoms with E-state index in [1.165, 1.54) is 18.3 Å². The highest BCUT2D eigenvalue weighted by Gasteiger charge is 2.35. The highest BCUT2D eigenvalue weighted by molar-refractivity contribution is 7.91. The number of nitrogens with zero attached hydrogens (tertiary/aromatic N) is 4. The number of esters is 1. The number of amides is 1. The number of rotatable bonds is 22. The van der Waals surface area contributed by atoms with Crippen molar-refractivity contribution < 1.29 is 37.0 Å². The van der Waals surface area contributed by atoms with Crippen LogP contribution < -0.4 is 25.6 Å². The Hall–Kier alpha value is -5.74. The topological polar surface area (TPSA) is 202 Å². The minimum absolute atomic E-state index is 0.0477. The van der Waals surface area contributed by atoms with Gasteiger partial charge < -0.3 is 30.6 Å². The van der Waals surface area contributed by atoms with E-state index in [0.717, 1.165) is 56.9 Å². The van der Waals surface area contributed by atoms with Crippen LogP contribution in [0.1, 0.15) is 73.7 Å². The van der Waals surface area contributed by atoms with Crippen LogP contribution in [0, 0.1) is 5.21 Å². The number of carbonyl (C=O) groups excluding carboxylic acids is 2. The van der Waals surface area contributed by atoms with Crippen LogP contribution in [0.4, 0.5) is 23.1 Å². The Morgan fingerprint density at radius 2 is 1.48 bits per heavy atom. The molecule has 0 unspecified atom stereocenters. The fourth-order valence-electron chi connectivity index (χ4n) is 5.66. The van der Waals surface area contributed by atoms with Crippen molar-refractivity contribution in [3.8, 4) is 5.88 Å². The maximum Gasteiger partial charge on any atom is 0.414 e. The molecule has 0 aliphatic heterocycles. The number of para-hydroxylation sites is 1. The van der Waals surface area contributed by atoms with Crippen LogP contribution in [0.25, 0.3) is 0 Å². The Balaban J connectivity index is 0.909. The van der Waals surface area contributed by atoms with Crippen LogP contribution in [0.15, 0.2) is 99.6 Å². The van der Waals surface area contributed by atoms with Gasteiger partial charge in [-0.15, -0.1) is 0 Å². The van der Waals surface area contributed by atoms with Crippen molar-refractivity contribution in [1.29, 1.82) is 0 Å². The zero-order chi connectivity index (χ0) is 39.8. The van der Waals surface area contributed by atoms with Gasteiger partial charge in [-0.05, 0) is 59.7 Å². The third-order valence-electron chi connectivity index (χ3n) is 8.60. The van der Waals surface area contributed by atoms with E-state index in [2.05, 4.69) is 35.7 Å². The van der Waals surface area contributed by atoms with Gasteiger partial charge in [0.2, 0.25) is 5.95 Å². The number of nitrogens with one attached hydrogen (secondary N) is 3. The van der Waals surface area contributed by atoms with Crippen molar-refractivity contribution in [2.24, 2.45) is 0 Å². The fraction of sp³-hybridized carbons (Fsp3) is 0.333. The van der Waals surface area contributed by atoms with Crippen molar-refractivity contribution in [2.45, 2.75) is 74.1 Å². The maximum atomic E-state index is 12.8. The first-order valence-electron chi connectivity index (χ1n) is 18.3. The zero-order valence-corrected chi connectivity index (χ0v) is 32.5. The predicted octanol–water partition coefficient (Wildman–Crippen LogP) is 7.11. The van der Waals surface area contributed by atoms with Gasteiger partial charge in [-0.2, -0.15) is 4.98 Å². The van der Waals surface area contributed by atoms with E-state index < -0.39 is 14.9 Å². The molecule has 5 rings (SSSR count). The number of anilines is 4. The molecule has 3 aromatic carbocycles. The Bertz CT molecular complexity index is 2150. The molecule has 0 spiro atoms. The molecule has 2 aromatic heterocycles. The summed E-state index contributed by atoms with van der Waals surface area (Å²) in [6, 6.07) is 21.9. The van der Waals surface area contributed by atoms with Crippen molar-refractivity contribution in [1.82, 2.24) is 20.4 Å². The van der Waals surface area contributed by atoms with E-state index >= 15 is 0 Å². The summed E-state index contributed by atoms with van der Waals surface area (Å²) in [4.78, 5) is 33.2. The Labute approximate surface area is 330 Å². The second kappa shape index (κ2) is 20.8. The first kappa shape index (κ1) is 41.4. The summed E-state index contributed by atoms with van der Waals surface area (Å²) in [6.45, 7) is 0.590. The molecule has 0 atom stereocenters. The number of ether oxygens (including phenoxy) is 2. The lowest BCUT2D eigenvalue weighted by atomic mass is 10.1. The quantitative estimate of drug-likeness (QED) is 0.0363. The summed E-state index contributed by atoms with van der Waals surface area (Å²) in [6.07, 6.45) is 10.2. The summed E-state index contributed by atoms with van der Waals surface area (Å²) in [5.41, 5.74) is 2.51. The molecule has 2 heterocycles. The largest absolute Gasteiger partial charge is 0.465 e. The SMILES string of the molecule is CNC(=O)c1ccccc1Nc1nc(Nc2ccc(CC(=O)OCCCCCCCCCCCOc3no[n+]([O-])c3S(=O)(=O)c3ccccc3)cc2)ncc1Cl. The van der Waals surface area contributed by atoms with Gasteiger partial charge in [0.1, 0.15) is 5.02 Å². The normalized spacial score (nSPS) is 11.2. The van der Waals surface area contributed by atoms with Crippen molar-refractivity contribution >= 4 is 56.5 Å². The van der Waals surface area contributed by atoms with Gasteiger partial charge >= 0.3 is 16.9 Å². The standard InChI is InChI=1S/C39H44ClN7O8S/c1-41-36(49)31-18-12-13-19-33(31)44-35-32(40)27-42-39(45-35)43-29-22-20-28(21-23-29)26-34(48)53-24-14-7-5-3-2-4-6-8-15-25-54-37-38(47(50)55-46-37)56(51,52)30-16-10-9-11-17-30/h9-13,16-23,27H,2-8,14-15,24-26H2,1H3,(H,41,49)(H2,42,43,44,45). The fourth-order valence-corrected chi connectivity index (χ4v) is 7.09. The summed E-state index contributed by atoms with van der Waals surface area (Å²) >= 11 is 6.34. The number of benzene rings is 3. The molecule has 5 aromatic rings. The Morgan fingerprint density at radius 1 is 0.839 bits per heavy atom. The molecule has 0 radical (unpaired) electrons. The van der Waals surface area contributed by atoms with E-state index in [-0.39, 0.29) is 45.6 Å². The lowest BCUT2D eigenvalue weighted by molar-refractivity contribution is -0.832. The van der Waals surface area contributed by atoms with Crippen molar-refractivity contribution in [2.75, 3.05) is 30.9 Å². The molecule has 3 N–H and O–H groups in total. The molecule has 1 amide bonds. The minimum Gasteiger partial charge on any atom is -0.465 e. The average Bonchev–Trinajstić information content (AvgIpc) is 3.59. The van der Waals surface area contributed by atoms with Crippen molar-refractivity contribution in [3.05, 3.63) is 106 Å². The van der Waals surface area contributed by atoms with Gasteiger partial charge in [0.25, 0.3) is 15.7 Å². The molecule has 56 heavy (non-hydrogen) atoms. The third-order valence-corrected chi connectivity index (χ3v) is 10.6. The highest BCUT2D eigenvalue weighted by atomic mass is 35.5. The summed E-state index contributed by atoms with van der Waals surface area (Å²) < 4.78 is 41.1. The molecule has 0 saturated carbocycles. The molecule has 17 heteroatoms. The van der Waals surface area contributed by atoms with Gasteiger partial charge in [-0.1, -0.05) is 99.0 Å². The van der Waals surface area contributed by atoms with Crippen LogP contribution >= 0.6 is 11.6 Å². The molecule has 15 nitrogen and oxygen atoms in total. The molecule has 0 aliphatic rings. The van der Waals surface area contributed by atoms with Crippen LogP contribution in [-0.4, -0.2) is 55.7 Å². The highest BCUT2D eigenvalue weighted by Crippen LogP contribution is 2.28. The van der Waals surface area contributed by atoms with E-state index in [1.807, 2.05) is 24.3 Å². The minimum atomic E-state index is -4.13. The maximum absolute atomic E-state index is 12.8. The predicted molar refractivity (Wildman–Crippen MR) is 209 cm³/mol. The Kier molecular flexibility index (Phi) is 15.4. The van der Waals surface area contributed by atoms with Gasteiger partial charge in [-0.3, -0.25) is 14.2 Å². The summed E-state index contributed by atoms with van der Waals surface area (Å²) in [5.74, 6) is -0.239. The number of unbranched alkanes of at least 4 members (excludes halogenated alkanes) is 8. The Morgan fingerprint density at radius 3 is 2.18 bits per heavy atom. The zero-order valence-electron chi connectivity index (χ0n) is 30.9. The van der Waals surface area contributed by atoms with Gasteiger partial charge in [0, 0.05) is 12.7 Å². The van der Waals surface area contributed by atoms with E-state index in [0.29, 0.717) is 41.7 Å². The first-order chi connectivity index (χ1) is 27.2. The molecular formula is C39H44ClN7O8S. The molecule has 0 saturated heterocycles. The first-order valence-corrected chi connectivity index (χ1v) is 20.2. The number of aromatic nitrogens is 4. The van der Waals surface area contributed by atoms with Crippen LogP contribution in [0.2, 0.25) is 5.02 Å². The second-order valence-corrected chi connectivity index (χ2v) is 15.0. The van der Waals surface area contributed by atoms with Crippen LogP contribution in [0.5, 0.6) is 5.88 Å². The lowest BCUT2D eigenvalue weighted by Crippen LogP contribution is -2.30. The number of sulfone groups is 1. The van der Waals surface area contributed by atoms with E-state index in [9.17, 15) is 23.2 Å². The number of halogens is 1. The van der Waals surface area contributed by atoms with Gasteiger partial charge in [0.05, 0.1) is 47.1 Å². The molecular weight excluding hydrogens is 762 g/mol. The van der Waals surface area contributed by atoms with Crippen LogP contribution in [0.3, 0.4) is 0 Å². The number of carbonyl (C=O) groups is 2. The van der Waals surface area contributed by atoms with E-state index in [1.54, 1.807) is 49.5 Å². The van der Waals surface area contributed by atoms with E-state index in [4.69, 9.17) is 21.1 Å². The summed E-state index contributed by atoms with van der Waals surface area (Å²) in [7, 11) is -2.57. The average molecular weight is 806 g/mol. The monoisotopic (exact) mass is 805 g/mol. The van der Waals surface area contributed by atoms with Crippen LogP contribution in [-0.2, 0) is 25.8 Å². The second-order valence-electron chi connectivity index (χ2n) is 12.7. The van der Waals surface area contributed by atoms with Gasteiger partial charge in [-0.25, -0.2) is 13.4 Å². The lowest BCUT2D eigenvalue weighted by Gasteiger charge is -2.13. The van der Waals surface area contributed by atoms with Crippen molar-refractivity contribution in [3.63, 3.8) is 0 Å². The summed E-state index contributed by atoms with van der Waals surface area (Å²) in [5, 5.41) is 24.0. The number of hydrogen-bond donors (Lipinski definition) is 3. The number of hydrogen-bond acceptors (Lipinski definition) is 13. The van der Waals surface area contributed by atoms with Gasteiger partial charge in [0.15, 0.2) is 5.82 Å².